The Kier molecular flexibility index (Phi) is 4.59. The summed E-state index contributed by atoms with van der Waals surface area (Å²) in [6, 6.07) is 0. The van der Waals surface area contributed by atoms with E-state index >= 15 is 0 Å². The monoisotopic (exact) mass is 338 g/mol. The Labute approximate surface area is 138 Å². The number of alkyl halides is 2. The average Bonchev–Trinajstić information content (AvgIpc) is 3.16. The van der Waals surface area contributed by atoms with Crippen molar-refractivity contribution in [2.24, 2.45) is 5.92 Å². The number of carbonyl (C=O) groups is 1. The van der Waals surface area contributed by atoms with Crippen LogP contribution in [-0.4, -0.2) is 37.1 Å². The van der Waals surface area contributed by atoms with Crippen molar-refractivity contribution in [2.75, 3.05) is 5.32 Å². The smallest absolute Gasteiger partial charge is 0.259 e. The van der Waals surface area contributed by atoms with Gasteiger partial charge in [-0.25, -0.2) is 8.78 Å². The molecule has 1 N–H and O–H groups in total. The van der Waals surface area contributed by atoms with E-state index in [0.29, 0.717) is 5.92 Å². The van der Waals surface area contributed by atoms with E-state index in [1.165, 1.54) is 19.0 Å². The number of nitrogens with one attached hydrogen (secondary N) is 1. The standard InChI is InChI=1S/C15H20F2N6O/c1-9-12(10(2)22(20-9)7-11-3-4-11)5-15(24)19-14-6-18-23(21-14)8-13(16)17/h6,11,13H,3-5,7-8H2,1-2H3,(H,19,21,24). The predicted octanol–water partition coefficient (Wildman–Crippen LogP) is 1.95. The molecule has 3 rings (SSSR count). The van der Waals surface area contributed by atoms with Crippen LogP contribution in [0.2, 0.25) is 0 Å². The molecular weight excluding hydrogens is 318 g/mol. The molecular formula is C15H20F2N6O. The summed E-state index contributed by atoms with van der Waals surface area (Å²) in [4.78, 5) is 13.1. The van der Waals surface area contributed by atoms with Crippen molar-refractivity contribution < 1.29 is 13.6 Å². The third kappa shape index (κ3) is 3.95. The van der Waals surface area contributed by atoms with Gasteiger partial charge in [-0.15, -0.1) is 5.10 Å². The first-order valence-corrected chi connectivity index (χ1v) is 7.93. The molecule has 0 radical (unpaired) electrons. The lowest BCUT2D eigenvalue weighted by Gasteiger charge is -2.05. The first-order valence-electron chi connectivity index (χ1n) is 7.93. The Balaban J connectivity index is 1.62. The Bertz CT molecular complexity index is 734. The first kappa shape index (κ1) is 16.5. The average molecular weight is 338 g/mol. The van der Waals surface area contributed by atoms with E-state index in [2.05, 4.69) is 20.6 Å². The van der Waals surface area contributed by atoms with Crippen molar-refractivity contribution in [3.63, 3.8) is 0 Å². The highest BCUT2D eigenvalue weighted by atomic mass is 19.3. The molecule has 0 saturated heterocycles. The van der Waals surface area contributed by atoms with Crippen LogP contribution in [0.15, 0.2) is 6.20 Å². The minimum Gasteiger partial charge on any atom is -0.308 e. The van der Waals surface area contributed by atoms with Crippen molar-refractivity contribution in [3.05, 3.63) is 23.1 Å². The van der Waals surface area contributed by atoms with Gasteiger partial charge < -0.3 is 5.32 Å². The Morgan fingerprint density at radius 2 is 2.12 bits per heavy atom. The van der Waals surface area contributed by atoms with E-state index in [4.69, 9.17) is 0 Å². The number of rotatable bonds is 7. The minimum absolute atomic E-state index is 0.168. The van der Waals surface area contributed by atoms with Gasteiger partial charge in [-0.2, -0.15) is 15.0 Å². The quantitative estimate of drug-likeness (QED) is 0.837. The van der Waals surface area contributed by atoms with Gasteiger partial charge in [0.2, 0.25) is 5.91 Å². The van der Waals surface area contributed by atoms with E-state index in [0.717, 1.165) is 28.3 Å². The van der Waals surface area contributed by atoms with Crippen LogP contribution < -0.4 is 5.32 Å². The number of halogens is 2. The van der Waals surface area contributed by atoms with E-state index in [1.54, 1.807) is 0 Å². The number of hydrogen-bond acceptors (Lipinski definition) is 4. The number of hydrogen-bond donors (Lipinski definition) is 1. The number of aryl methyl sites for hydroxylation is 1. The van der Waals surface area contributed by atoms with Crippen molar-refractivity contribution in [1.82, 2.24) is 24.8 Å². The molecule has 0 unspecified atom stereocenters. The lowest BCUT2D eigenvalue weighted by Crippen LogP contribution is -2.16. The molecule has 2 aromatic heterocycles. The highest BCUT2D eigenvalue weighted by Crippen LogP contribution is 2.31. The molecule has 0 bridgehead atoms. The molecule has 0 atom stereocenters. The fraction of sp³-hybridized carbons (Fsp3) is 0.600. The van der Waals surface area contributed by atoms with Crippen LogP contribution in [0.3, 0.4) is 0 Å². The molecule has 0 aromatic carbocycles. The zero-order valence-electron chi connectivity index (χ0n) is 13.7. The summed E-state index contributed by atoms with van der Waals surface area (Å²) in [5.74, 6) is 0.604. The van der Waals surface area contributed by atoms with Gasteiger partial charge in [0.25, 0.3) is 6.43 Å². The molecule has 9 heteroatoms. The van der Waals surface area contributed by atoms with Gasteiger partial charge >= 0.3 is 0 Å². The highest BCUT2D eigenvalue weighted by Gasteiger charge is 2.24. The molecule has 0 aliphatic heterocycles. The van der Waals surface area contributed by atoms with Gasteiger partial charge in [0.1, 0.15) is 6.54 Å². The van der Waals surface area contributed by atoms with Crippen LogP contribution in [0.1, 0.15) is 29.8 Å². The van der Waals surface area contributed by atoms with Gasteiger partial charge in [-0.1, -0.05) is 0 Å². The Morgan fingerprint density at radius 1 is 1.38 bits per heavy atom. The SMILES string of the molecule is Cc1nn(CC2CC2)c(C)c1CC(=O)Nc1cnn(CC(F)F)n1. The van der Waals surface area contributed by atoms with Crippen molar-refractivity contribution in [2.45, 2.75) is 52.6 Å². The van der Waals surface area contributed by atoms with Crippen LogP contribution in [0.5, 0.6) is 0 Å². The predicted molar refractivity (Wildman–Crippen MR) is 82.8 cm³/mol. The van der Waals surface area contributed by atoms with Crippen LogP contribution in [0.25, 0.3) is 0 Å². The summed E-state index contributed by atoms with van der Waals surface area (Å²) < 4.78 is 26.5. The highest BCUT2D eigenvalue weighted by molar-refractivity contribution is 5.91. The molecule has 1 saturated carbocycles. The second-order valence-corrected chi connectivity index (χ2v) is 6.18. The molecule has 1 amide bonds. The molecule has 7 nitrogen and oxygen atoms in total. The van der Waals surface area contributed by atoms with E-state index in [-0.39, 0.29) is 18.1 Å². The fourth-order valence-electron chi connectivity index (χ4n) is 2.63. The lowest BCUT2D eigenvalue weighted by molar-refractivity contribution is -0.115. The first-order chi connectivity index (χ1) is 11.4. The molecule has 1 aliphatic rings. The molecule has 1 fully saturated rings. The summed E-state index contributed by atoms with van der Waals surface area (Å²) in [7, 11) is 0. The van der Waals surface area contributed by atoms with Gasteiger partial charge in [0, 0.05) is 17.8 Å². The lowest BCUT2D eigenvalue weighted by atomic mass is 10.1. The Morgan fingerprint density at radius 3 is 2.79 bits per heavy atom. The summed E-state index contributed by atoms with van der Waals surface area (Å²) in [6.45, 7) is 4.15. The van der Waals surface area contributed by atoms with Gasteiger partial charge in [0.05, 0.1) is 18.3 Å². The second-order valence-electron chi connectivity index (χ2n) is 6.18. The number of amides is 1. The normalized spacial score (nSPS) is 14.4. The number of carbonyl (C=O) groups excluding carboxylic acids is 1. The van der Waals surface area contributed by atoms with E-state index in [1.807, 2.05) is 18.5 Å². The van der Waals surface area contributed by atoms with E-state index < -0.39 is 13.0 Å². The molecule has 130 valence electrons. The number of anilines is 1. The summed E-state index contributed by atoms with van der Waals surface area (Å²) in [5.41, 5.74) is 2.73. The van der Waals surface area contributed by atoms with Gasteiger partial charge in [-0.3, -0.25) is 9.48 Å². The van der Waals surface area contributed by atoms with Crippen molar-refractivity contribution in [3.8, 4) is 0 Å². The van der Waals surface area contributed by atoms with Gasteiger partial charge in [0.15, 0.2) is 5.82 Å². The summed E-state index contributed by atoms with van der Waals surface area (Å²) in [6.07, 6.45) is 1.37. The van der Waals surface area contributed by atoms with Crippen LogP contribution in [-0.2, 0) is 24.3 Å². The maximum atomic E-state index is 12.3. The zero-order valence-corrected chi connectivity index (χ0v) is 13.7. The van der Waals surface area contributed by atoms with Crippen molar-refractivity contribution in [1.29, 1.82) is 0 Å². The van der Waals surface area contributed by atoms with Gasteiger partial charge in [-0.05, 0) is 32.6 Å². The second kappa shape index (κ2) is 6.66. The van der Waals surface area contributed by atoms with Crippen LogP contribution >= 0.6 is 0 Å². The minimum atomic E-state index is -2.54. The third-order valence-corrected chi connectivity index (χ3v) is 4.10. The largest absolute Gasteiger partial charge is 0.308 e. The zero-order chi connectivity index (χ0) is 17.3. The molecule has 0 spiro atoms. The molecule has 24 heavy (non-hydrogen) atoms. The number of nitrogens with zero attached hydrogens (tertiary/aromatic N) is 5. The van der Waals surface area contributed by atoms with Crippen LogP contribution in [0, 0.1) is 19.8 Å². The Hall–Kier alpha value is -2.32. The summed E-state index contributed by atoms with van der Waals surface area (Å²) >= 11 is 0. The fourth-order valence-corrected chi connectivity index (χ4v) is 2.63. The maximum absolute atomic E-state index is 12.3. The third-order valence-electron chi connectivity index (χ3n) is 4.10. The maximum Gasteiger partial charge on any atom is 0.259 e. The molecule has 1 aliphatic carbocycles. The van der Waals surface area contributed by atoms with Crippen molar-refractivity contribution >= 4 is 11.7 Å². The summed E-state index contributed by atoms with van der Waals surface area (Å²) in [5, 5.41) is 14.6. The molecule has 2 aromatic rings. The molecule has 2 heterocycles. The number of aromatic nitrogens is 5. The van der Waals surface area contributed by atoms with E-state index in [9.17, 15) is 13.6 Å². The van der Waals surface area contributed by atoms with Crippen LogP contribution in [0.4, 0.5) is 14.6 Å². The topological polar surface area (TPSA) is 77.6 Å².